The van der Waals surface area contributed by atoms with Crippen molar-refractivity contribution in [2.24, 2.45) is 0 Å². The molecule has 0 fully saturated rings. The van der Waals surface area contributed by atoms with Gasteiger partial charge in [-0.1, -0.05) is 124 Å². The van der Waals surface area contributed by atoms with Crippen LogP contribution in [0.2, 0.25) is 0 Å². The molecule has 4 aliphatic carbocycles. The van der Waals surface area contributed by atoms with Crippen LogP contribution < -0.4 is 0 Å². The second-order valence-corrected chi connectivity index (χ2v) is 16.2. The fourth-order valence-corrected chi connectivity index (χ4v) is 11.6. The molecular formula is C46H42S2. The van der Waals surface area contributed by atoms with Crippen LogP contribution >= 0.6 is 23.5 Å². The SMILES string of the molecule is CCC1c2ccccc2-c2cc3c(cc21)-c1cc2c(SC4C=CC=CC4)c4ccccc4c(SC4=CCCC=C4)c2cc1C3(CC)CC. The van der Waals surface area contributed by atoms with E-state index in [4.69, 9.17) is 0 Å². The molecule has 4 aliphatic rings. The Bertz CT molecular complexity index is 2240. The van der Waals surface area contributed by atoms with Gasteiger partial charge in [0.2, 0.25) is 0 Å². The molecule has 0 amide bonds. The molecule has 48 heavy (non-hydrogen) atoms. The predicted octanol–water partition coefficient (Wildman–Crippen LogP) is 13.9. The summed E-state index contributed by atoms with van der Waals surface area (Å²) in [6.07, 6.45) is 22.9. The van der Waals surface area contributed by atoms with Gasteiger partial charge < -0.3 is 0 Å². The standard InChI is InChI=1S/C46H42S2/c1-4-31-32-21-13-14-22-33(32)37-27-42-38(25-36(31)37)39-26-40-41(28-43(39)46(42,5-2)6-3)45(48-30-19-11-8-12-20-30)35-24-16-15-23-34(35)44(40)47-29-17-9-7-10-18-29/h7,9-11,13-17,19-29,31H,4-6,8,12,18H2,1-3H3. The number of rotatable bonds is 7. The van der Waals surface area contributed by atoms with E-state index in [0.717, 1.165) is 38.5 Å². The van der Waals surface area contributed by atoms with Gasteiger partial charge in [0.25, 0.3) is 0 Å². The second kappa shape index (κ2) is 12.0. The zero-order valence-electron chi connectivity index (χ0n) is 28.2. The number of benzene rings is 5. The normalized spacial score (nSPS) is 19.8. The summed E-state index contributed by atoms with van der Waals surface area (Å²) in [7, 11) is 0. The first-order valence-electron chi connectivity index (χ1n) is 18.0. The van der Waals surface area contributed by atoms with Gasteiger partial charge in [0.15, 0.2) is 0 Å². The molecule has 0 spiro atoms. The quantitative estimate of drug-likeness (QED) is 0.160. The van der Waals surface area contributed by atoms with E-state index in [9.17, 15) is 0 Å². The van der Waals surface area contributed by atoms with E-state index in [-0.39, 0.29) is 5.41 Å². The second-order valence-electron chi connectivity index (χ2n) is 13.9. The third-order valence-corrected chi connectivity index (χ3v) is 14.1. The van der Waals surface area contributed by atoms with Crippen molar-refractivity contribution >= 4 is 45.1 Å². The van der Waals surface area contributed by atoms with Crippen molar-refractivity contribution in [2.45, 2.75) is 85.7 Å². The minimum absolute atomic E-state index is 0.00503. The first-order chi connectivity index (χ1) is 23.6. The van der Waals surface area contributed by atoms with Gasteiger partial charge in [-0.25, -0.2) is 0 Å². The molecule has 0 nitrogen and oxygen atoms in total. The summed E-state index contributed by atoms with van der Waals surface area (Å²) >= 11 is 4.03. The van der Waals surface area contributed by atoms with Gasteiger partial charge in [-0.05, 0) is 129 Å². The Balaban J connectivity index is 1.35. The molecule has 5 aromatic rings. The molecule has 0 heterocycles. The Morgan fingerprint density at radius 3 is 2.17 bits per heavy atom. The summed E-state index contributed by atoms with van der Waals surface area (Å²) in [4.78, 5) is 4.21. The highest BCUT2D eigenvalue weighted by Gasteiger charge is 2.43. The van der Waals surface area contributed by atoms with Crippen LogP contribution in [0.3, 0.4) is 0 Å². The monoisotopic (exact) mass is 658 g/mol. The van der Waals surface area contributed by atoms with Crippen molar-refractivity contribution < 1.29 is 0 Å². The Morgan fingerprint density at radius 1 is 0.667 bits per heavy atom. The maximum atomic E-state index is 2.65. The van der Waals surface area contributed by atoms with Crippen molar-refractivity contribution in [3.63, 3.8) is 0 Å². The number of hydrogen-bond acceptors (Lipinski definition) is 2. The van der Waals surface area contributed by atoms with E-state index in [1.54, 1.807) is 0 Å². The van der Waals surface area contributed by atoms with Crippen molar-refractivity contribution in [2.75, 3.05) is 0 Å². The molecule has 5 aromatic carbocycles. The zero-order valence-corrected chi connectivity index (χ0v) is 29.8. The van der Waals surface area contributed by atoms with Gasteiger partial charge >= 0.3 is 0 Å². The highest BCUT2D eigenvalue weighted by molar-refractivity contribution is 8.03. The number of allylic oxidation sites excluding steroid dienone is 6. The molecule has 9 rings (SSSR count). The molecule has 0 saturated carbocycles. The van der Waals surface area contributed by atoms with Crippen molar-refractivity contribution in [1.82, 2.24) is 0 Å². The summed E-state index contributed by atoms with van der Waals surface area (Å²) in [5, 5.41) is 6.02. The topological polar surface area (TPSA) is 0 Å². The largest absolute Gasteiger partial charge is 0.117 e. The van der Waals surface area contributed by atoms with Crippen molar-refractivity contribution in [3.8, 4) is 22.3 Å². The molecule has 0 bridgehead atoms. The van der Waals surface area contributed by atoms with Crippen LogP contribution in [-0.4, -0.2) is 5.25 Å². The van der Waals surface area contributed by atoms with Gasteiger partial charge in [-0.3, -0.25) is 0 Å². The number of hydrogen-bond donors (Lipinski definition) is 0. The lowest BCUT2D eigenvalue weighted by atomic mass is 9.73. The Hall–Kier alpha value is -3.72. The average molecular weight is 659 g/mol. The van der Waals surface area contributed by atoms with E-state index < -0.39 is 0 Å². The third-order valence-electron chi connectivity index (χ3n) is 11.6. The fourth-order valence-electron chi connectivity index (χ4n) is 9.15. The van der Waals surface area contributed by atoms with Crippen LogP contribution in [0, 0.1) is 0 Å². The predicted molar refractivity (Wildman–Crippen MR) is 211 cm³/mol. The number of thioether (sulfide) groups is 2. The van der Waals surface area contributed by atoms with E-state index in [1.807, 2.05) is 11.8 Å². The highest BCUT2D eigenvalue weighted by Crippen LogP contribution is 2.59. The molecule has 0 N–H and O–H groups in total. The van der Waals surface area contributed by atoms with Crippen LogP contribution in [0.4, 0.5) is 0 Å². The lowest BCUT2D eigenvalue weighted by Crippen LogP contribution is -2.23. The Labute approximate surface area is 294 Å². The summed E-state index contributed by atoms with van der Waals surface area (Å²) in [6.45, 7) is 7.19. The maximum Gasteiger partial charge on any atom is 0.0312 e. The molecule has 238 valence electrons. The lowest BCUT2D eigenvalue weighted by Gasteiger charge is -2.31. The molecule has 0 aromatic heterocycles. The van der Waals surface area contributed by atoms with Crippen LogP contribution in [0.5, 0.6) is 0 Å². The van der Waals surface area contributed by atoms with Crippen LogP contribution in [0.15, 0.2) is 130 Å². The van der Waals surface area contributed by atoms with Crippen molar-refractivity contribution in [3.05, 3.63) is 142 Å². The minimum Gasteiger partial charge on any atom is -0.117 e. The summed E-state index contributed by atoms with van der Waals surface area (Å²) < 4.78 is 0. The average Bonchev–Trinajstić information content (AvgIpc) is 3.60. The fraction of sp³-hybridized carbons (Fsp3) is 0.261. The van der Waals surface area contributed by atoms with Gasteiger partial charge in [0, 0.05) is 31.3 Å². The van der Waals surface area contributed by atoms with Crippen LogP contribution in [0.25, 0.3) is 43.8 Å². The van der Waals surface area contributed by atoms with Gasteiger partial charge in [0.05, 0.1) is 0 Å². The molecule has 0 saturated heterocycles. The van der Waals surface area contributed by atoms with Crippen LogP contribution in [0.1, 0.15) is 87.5 Å². The Kier molecular flexibility index (Phi) is 7.59. The minimum atomic E-state index is -0.00503. The lowest BCUT2D eigenvalue weighted by molar-refractivity contribution is 0.491. The molecular weight excluding hydrogens is 617 g/mol. The number of fused-ring (bicyclic) bond motifs is 8. The molecule has 2 heteroatoms. The van der Waals surface area contributed by atoms with Gasteiger partial charge in [-0.15, -0.1) is 11.8 Å². The van der Waals surface area contributed by atoms with E-state index in [2.05, 4.69) is 148 Å². The summed E-state index contributed by atoms with van der Waals surface area (Å²) in [5.74, 6) is 0.463. The van der Waals surface area contributed by atoms with Gasteiger partial charge in [0.1, 0.15) is 0 Å². The smallest absolute Gasteiger partial charge is 0.0312 e. The van der Waals surface area contributed by atoms with Gasteiger partial charge in [-0.2, -0.15) is 0 Å². The molecule has 2 atom stereocenters. The van der Waals surface area contributed by atoms with E-state index in [1.165, 1.54) is 80.7 Å². The van der Waals surface area contributed by atoms with Crippen LogP contribution in [-0.2, 0) is 5.41 Å². The molecule has 2 unspecified atom stereocenters. The Morgan fingerprint density at radius 2 is 1.42 bits per heavy atom. The summed E-state index contributed by atoms with van der Waals surface area (Å²) in [6, 6.07) is 28.9. The molecule has 0 aliphatic heterocycles. The third kappa shape index (κ3) is 4.52. The van der Waals surface area contributed by atoms with E-state index in [0.29, 0.717) is 11.2 Å². The summed E-state index contributed by atoms with van der Waals surface area (Å²) in [5.41, 5.74) is 11.9. The van der Waals surface area contributed by atoms with Crippen molar-refractivity contribution in [1.29, 1.82) is 0 Å². The highest BCUT2D eigenvalue weighted by atomic mass is 32.2. The van der Waals surface area contributed by atoms with E-state index >= 15 is 0 Å². The molecule has 0 radical (unpaired) electrons. The maximum absolute atomic E-state index is 2.65. The first kappa shape index (κ1) is 30.3. The zero-order chi connectivity index (χ0) is 32.4. The first-order valence-corrected chi connectivity index (χ1v) is 19.7.